The van der Waals surface area contributed by atoms with Gasteiger partial charge in [0.15, 0.2) is 0 Å². The maximum absolute atomic E-state index is 13.3. The van der Waals surface area contributed by atoms with Gasteiger partial charge in [-0.05, 0) is 37.6 Å². The van der Waals surface area contributed by atoms with E-state index >= 15 is 0 Å². The number of methoxy groups -OCH3 is 1. The van der Waals surface area contributed by atoms with Gasteiger partial charge in [-0.2, -0.15) is 4.31 Å². The molecule has 150 valence electrons. The normalized spacial score (nSPS) is 21.3. The Morgan fingerprint density at radius 3 is 2.63 bits per heavy atom. The highest BCUT2D eigenvalue weighted by atomic mass is 32.2. The summed E-state index contributed by atoms with van der Waals surface area (Å²) in [5, 5.41) is 9.01. The molecule has 0 amide bonds. The predicted molar refractivity (Wildman–Crippen MR) is 98.5 cm³/mol. The maximum Gasteiger partial charge on any atom is 0.307 e. The Balaban J connectivity index is 1.90. The zero-order valence-electron chi connectivity index (χ0n) is 15.7. The van der Waals surface area contributed by atoms with Crippen molar-refractivity contribution in [2.75, 3.05) is 46.9 Å². The van der Waals surface area contributed by atoms with E-state index in [0.717, 1.165) is 25.9 Å². The highest BCUT2D eigenvalue weighted by Gasteiger charge is 2.43. The number of aliphatic carboxylic acids is 1. The lowest BCUT2D eigenvalue weighted by Gasteiger charge is -2.46. The monoisotopic (exact) mass is 398 g/mol. The Morgan fingerprint density at radius 2 is 2.00 bits per heavy atom. The fourth-order valence-electron chi connectivity index (χ4n) is 3.69. The zero-order valence-corrected chi connectivity index (χ0v) is 16.5. The Kier molecular flexibility index (Phi) is 5.76. The van der Waals surface area contributed by atoms with Gasteiger partial charge in [0.05, 0.1) is 25.7 Å². The standard InChI is InChI=1S/C18H26N2O6S/c1-19-7-5-18(6-8-19)13-20(9-10-26-18)27(23,24)16-11-14(12-17(21)22)3-4-15(16)25-2/h3-4,11H,5-10,12-13H2,1-2H3,(H,21,22). The Hall–Kier alpha value is -1.68. The quantitative estimate of drug-likeness (QED) is 0.784. The molecule has 2 heterocycles. The summed E-state index contributed by atoms with van der Waals surface area (Å²) in [6.45, 7) is 2.65. The number of carbonyl (C=O) groups is 1. The third-order valence-corrected chi connectivity index (χ3v) is 7.18. The van der Waals surface area contributed by atoms with Gasteiger partial charge in [-0.25, -0.2) is 8.42 Å². The molecule has 3 rings (SSSR count). The fourth-order valence-corrected chi connectivity index (χ4v) is 5.39. The van der Waals surface area contributed by atoms with E-state index in [1.54, 1.807) is 6.07 Å². The van der Waals surface area contributed by atoms with Crippen molar-refractivity contribution in [3.63, 3.8) is 0 Å². The van der Waals surface area contributed by atoms with Crippen molar-refractivity contribution < 1.29 is 27.8 Å². The van der Waals surface area contributed by atoms with E-state index in [4.69, 9.17) is 14.6 Å². The minimum atomic E-state index is -3.83. The lowest BCUT2D eigenvalue weighted by atomic mass is 9.90. The summed E-state index contributed by atoms with van der Waals surface area (Å²) in [5.74, 6) is -0.798. The van der Waals surface area contributed by atoms with Crippen LogP contribution in [-0.2, 0) is 26.0 Å². The number of ether oxygens (including phenoxy) is 2. The van der Waals surface area contributed by atoms with Crippen LogP contribution in [0.15, 0.2) is 23.1 Å². The molecule has 0 radical (unpaired) electrons. The average molecular weight is 398 g/mol. The lowest BCUT2D eigenvalue weighted by Crippen LogP contribution is -2.57. The fraction of sp³-hybridized carbons (Fsp3) is 0.611. The SMILES string of the molecule is COc1ccc(CC(=O)O)cc1S(=O)(=O)N1CCOC2(CCN(C)CC2)C1. The number of hydrogen-bond acceptors (Lipinski definition) is 6. The first kappa shape index (κ1) is 20.1. The van der Waals surface area contributed by atoms with E-state index in [9.17, 15) is 13.2 Å². The molecule has 1 spiro atoms. The van der Waals surface area contributed by atoms with Crippen molar-refractivity contribution in [3.05, 3.63) is 23.8 Å². The highest BCUT2D eigenvalue weighted by molar-refractivity contribution is 7.89. The number of benzene rings is 1. The summed E-state index contributed by atoms with van der Waals surface area (Å²) in [5.41, 5.74) is -0.0341. The number of rotatable bonds is 5. The molecule has 0 saturated carbocycles. The van der Waals surface area contributed by atoms with Crippen LogP contribution in [0.2, 0.25) is 0 Å². The number of piperidine rings is 1. The number of hydrogen-bond donors (Lipinski definition) is 1. The van der Waals surface area contributed by atoms with Crippen LogP contribution in [0.1, 0.15) is 18.4 Å². The van der Waals surface area contributed by atoms with Crippen LogP contribution in [0.3, 0.4) is 0 Å². The molecule has 2 saturated heterocycles. The molecule has 1 aromatic carbocycles. The van der Waals surface area contributed by atoms with Gasteiger partial charge in [0.1, 0.15) is 10.6 Å². The van der Waals surface area contributed by atoms with Crippen molar-refractivity contribution in [3.8, 4) is 5.75 Å². The van der Waals surface area contributed by atoms with Gasteiger partial charge in [-0.15, -0.1) is 0 Å². The van der Waals surface area contributed by atoms with Crippen LogP contribution >= 0.6 is 0 Å². The van der Waals surface area contributed by atoms with Crippen molar-refractivity contribution >= 4 is 16.0 Å². The van der Waals surface area contributed by atoms with Gasteiger partial charge in [-0.3, -0.25) is 4.79 Å². The van der Waals surface area contributed by atoms with E-state index in [2.05, 4.69) is 4.90 Å². The van der Waals surface area contributed by atoms with Gasteiger partial charge in [0, 0.05) is 26.2 Å². The van der Waals surface area contributed by atoms with Gasteiger partial charge in [0.25, 0.3) is 0 Å². The molecular formula is C18H26N2O6S. The summed E-state index contributed by atoms with van der Waals surface area (Å²) < 4.78 is 39.4. The van der Waals surface area contributed by atoms with E-state index in [-0.39, 0.29) is 23.6 Å². The Bertz CT molecular complexity index is 802. The van der Waals surface area contributed by atoms with Crippen molar-refractivity contribution in [1.82, 2.24) is 9.21 Å². The molecule has 27 heavy (non-hydrogen) atoms. The Labute approximate surface area is 159 Å². The smallest absolute Gasteiger partial charge is 0.307 e. The Morgan fingerprint density at radius 1 is 1.30 bits per heavy atom. The minimum absolute atomic E-state index is 0.00808. The van der Waals surface area contributed by atoms with Crippen LogP contribution in [0.5, 0.6) is 5.75 Å². The predicted octanol–water partition coefficient (Wildman–Crippen LogP) is 0.808. The summed E-state index contributed by atoms with van der Waals surface area (Å²) in [6, 6.07) is 4.49. The van der Waals surface area contributed by atoms with Crippen molar-refractivity contribution in [1.29, 1.82) is 0 Å². The van der Waals surface area contributed by atoms with E-state index in [1.807, 2.05) is 7.05 Å². The summed E-state index contributed by atoms with van der Waals surface area (Å²) >= 11 is 0. The molecule has 0 atom stereocenters. The summed E-state index contributed by atoms with van der Waals surface area (Å²) in [6.07, 6.45) is 1.32. The molecule has 0 unspecified atom stereocenters. The molecule has 0 bridgehead atoms. The number of morpholine rings is 1. The number of carboxylic acids is 1. The number of carboxylic acid groups (broad SMARTS) is 1. The number of nitrogens with zero attached hydrogens (tertiary/aromatic N) is 2. The molecule has 0 aromatic heterocycles. The number of sulfonamides is 1. The highest BCUT2D eigenvalue weighted by Crippen LogP contribution is 2.34. The topological polar surface area (TPSA) is 96.4 Å². The van der Waals surface area contributed by atoms with Crippen LogP contribution in [0, 0.1) is 0 Å². The first-order valence-electron chi connectivity index (χ1n) is 8.97. The molecule has 2 aliphatic rings. The molecule has 1 N–H and O–H groups in total. The van der Waals surface area contributed by atoms with Gasteiger partial charge >= 0.3 is 5.97 Å². The van der Waals surface area contributed by atoms with Gasteiger partial charge in [-0.1, -0.05) is 6.07 Å². The maximum atomic E-state index is 13.3. The second kappa shape index (κ2) is 7.75. The summed E-state index contributed by atoms with van der Waals surface area (Å²) in [7, 11) is -0.380. The van der Waals surface area contributed by atoms with Crippen molar-refractivity contribution in [2.45, 2.75) is 29.8 Å². The zero-order chi connectivity index (χ0) is 19.7. The molecule has 2 aliphatic heterocycles. The van der Waals surface area contributed by atoms with Crippen LogP contribution in [-0.4, -0.2) is 81.2 Å². The van der Waals surface area contributed by atoms with Crippen LogP contribution in [0.25, 0.3) is 0 Å². The molecule has 1 aromatic rings. The van der Waals surface area contributed by atoms with E-state index in [1.165, 1.54) is 23.5 Å². The van der Waals surface area contributed by atoms with Gasteiger partial charge < -0.3 is 19.5 Å². The second-order valence-corrected chi connectivity index (χ2v) is 9.14. The largest absolute Gasteiger partial charge is 0.495 e. The molecule has 0 aliphatic carbocycles. The van der Waals surface area contributed by atoms with E-state index in [0.29, 0.717) is 18.7 Å². The first-order chi connectivity index (χ1) is 12.8. The third-order valence-electron chi connectivity index (χ3n) is 5.31. The van der Waals surface area contributed by atoms with E-state index < -0.39 is 21.6 Å². The van der Waals surface area contributed by atoms with Crippen molar-refractivity contribution in [2.24, 2.45) is 0 Å². The first-order valence-corrected chi connectivity index (χ1v) is 10.4. The summed E-state index contributed by atoms with van der Waals surface area (Å²) in [4.78, 5) is 13.2. The second-order valence-electron chi connectivity index (χ2n) is 7.23. The minimum Gasteiger partial charge on any atom is -0.495 e. The van der Waals surface area contributed by atoms with Crippen LogP contribution < -0.4 is 4.74 Å². The van der Waals surface area contributed by atoms with Gasteiger partial charge in [0.2, 0.25) is 10.0 Å². The molecular weight excluding hydrogens is 372 g/mol. The lowest BCUT2D eigenvalue weighted by molar-refractivity contribution is -0.136. The number of likely N-dealkylation sites (tertiary alicyclic amines) is 1. The third kappa shape index (κ3) is 4.26. The average Bonchev–Trinajstić information content (AvgIpc) is 2.64. The molecule has 2 fully saturated rings. The molecule has 9 heteroatoms. The molecule has 8 nitrogen and oxygen atoms in total. The van der Waals surface area contributed by atoms with Crippen LogP contribution in [0.4, 0.5) is 0 Å².